The van der Waals surface area contributed by atoms with Gasteiger partial charge in [-0.15, -0.1) is 10.2 Å². The quantitative estimate of drug-likeness (QED) is 0.286. The molecule has 0 unspecified atom stereocenters. The van der Waals surface area contributed by atoms with E-state index in [2.05, 4.69) is 10.5 Å². The number of para-hydroxylation sites is 1. The number of nitrogens with zero attached hydrogens (tertiary/aromatic N) is 2. The lowest BCUT2D eigenvalue weighted by Crippen LogP contribution is -2.68. The molecule has 0 amide bonds. The fourth-order valence-corrected chi connectivity index (χ4v) is 1.32. The first kappa shape index (κ1) is 19.0. The molecule has 9 nitrogen and oxygen atoms in total. The fourth-order valence-electron chi connectivity index (χ4n) is 1.32. The Bertz CT molecular complexity index is 544. The van der Waals surface area contributed by atoms with E-state index >= 15 is 0 Å². The van der Waals surface area contributed by atoms with Crippen molar-refractivity contribution in [1.82, 2.24) is 5.10 Å². The van der Waals surface area contributed by atoms with Gasteiger partial charge in [-0.25, -0.2) is 18.6 Å². The standard InChI is InChI=1S/C10H11N5.CH4.ClHO4/c11-8-6-10(14-12)15(13-7-8)9-4-2-1-3-5-9;;2-1(3,4)5/h1-7H,(H4,11,12,13,14);1H4;(H,2,3,4,5). The second-order valence-electron chi connectivity index (χ2n) is 3.44. The van der Waals surface area contributed by atoms with Crippen LogP contribution in [-0.4, -0.2) is 5.10 Å². The number of hydrogen-bond acceptors (Lipinski definition) is 8. The normalized spacial score (nSPS) is 9.95. The van der Waals surface area contributed by atoms with Gasteiger partial charge in [0, 0.05) is 0 Å². The average molecular weight is 318 g/mol. The molecule has 116 valence electrons. The molecular weight excluding hydrogens is 302 g/mol. The van der Waals surface area contributed by atoms with Crippen LogP contribution in [0.15, 0.2) is 42.6 Å². The van der Waals surface area contributed by atoms with Gasteiger partial charge in [0.15, 0.2) is 5.69 Å². The Morgan fingerprint density at radius 2 is 1.62 bits per heavy atom. The number of hydrazine groups is 1. The second kappa shape index (κ2) is 8.32. The highest BCUT2D eigenvalue weighted by molar-refractivity contribution is 5.43. The van der Waals surface area contributed by atoms with Gasteiger partial charge in [-0.1, -0.05) is 35.4 Å². The van der Waals surface area contributed by atoms with Crippen LogP contribution in [0.25, 0.3) is 5.69 Å². The average Bonchev–Trinajstić information content (AvgIpc) is 2.37. The van der Waals surface area contributed by atoms with E-state index in [1.54, 1.807) is 16.9 Å². The van der Waals surface area contributed by atoms with Crippen LogP contribution in [0.2, 0.25) is 0 Å². The maximum Gasteiger partial charge on any atom is 0.320 e. The Labute approximate surface area is 123 Å². The van der Waals surface area contributed by atoms with Crippen molar-refractivity contribution in [3.8, 4) is 5.69 Å². The van der Waals surface area contributed by atoms with Gasteiger partial charge in [0.05, 0.1) is 18.0 Å². The Morgan fingerprint density at radius 3 is 2.10 bits per heavy atom. The molecule has 1 aromatic heterocycles. The summed E-state index contributed by atoms with van der Waals surface area (Å²) >= 11 is 0. The molecule has 0 saturated carbocycles. The van der Waals surface area contributed by atoms with E-state index in [-0.39, 0.29) is 7.43 Å². The molecular formula is C11H16ClN5O4. The lowest BCUT2D eigenvalue weighted by Gasteiger charge is -2.17. The SMILES string of the molecule is C.NNc1cc(N)cn[n+]1-c1ccccc1.[O-][Cl+3]([O-])([O-])[O-]. The lowest BCUT2D eigenvalue weighted by atomic mass is 10.3. The van der Waals surface area contributed by atoms with Gasteiger partial charge in [-0.05, 0) is 12.1 Å². The van der Waals surface area contributed by atoms with Crippen molar-refractivity contribution in [2.45, 2.75) is 7.43 Å². The van der Waals surface area contributed by atoms with Crippen molar-refractivity contribution in [3.63, 3.8) is 0 Å². The highest BCUT2D eigenvalue weighted by Crippen LogP contribution is 2.06. The molecule has 0 bridgehead atoms. The van der Waals surface area contributed by atoms with Crippen LogP contribution in [0.5, 0.6) is 0 Å². The van der Waals surface area contributed by atoms with Crippen LogP contribution < -0.4 is 40.3 Å². The summed E-state index contributed by atoms with van der Waals surface area (Å²) in [5, 5.41) is 4.17. The molecule has 0 spiro atoms. The summed E-state index contributed by atoms with van der Waals surface area (Å²) in [6.07, 6.45) is 1.58. The zero-order valence-electron chi connectivity index (χ0n) is 10.1. The van der Waals surface area contributed by atoms with E-state index in [4.69, 9.17) is 30.2 Å². The molecule has 0 fully saturated rings. The van der Waals surface area contributed by atoms with Gasteiger partial charge < -0.3 is 5.73 Å². The van der Waals surface area contributed by atoms with Crippen molar-refractivity contribution in [3.05, 3.63) is 42.6 Å². The zero-order valence-corrected chi connectivity index (χ0v) is 10.9. The van der Waals surface area contributed by atoms with E-state index < -0.39 is 10.2 Å². The Hall–Kier alpha value is -2.01. The van der Waals surface area contributed by atoms with E-state index in [9.17, 15) is 0 Å². The third-order valence-electron chi connectivity index (χ3n) is 2.00. The first-order valence-electron chi connectivity index (χ1n) is 5.13. The van der Waals surface area contributed by atoms with E-state index in [1.807, 2.05) is 30.3 Å². The molecule has 0 radical (unpaired) electrons. The molecule has 5 N–H and O–H groups in total. The number of anilines is 2. The topological polar surface area (TPSA) is 173 Å². The van der Waals surface area contributed by atoms with Crippen molar-refractivity contribution in [2.24, 2.45) is 5.84 Å². The third kappa shape index (κ3) is 7.37. The molecule has 21 heavy (non-hydrogen) atoms. The number of benzene rings is 1. The van der Waals surface area contributed by atoms with Crippen LogP contribution in [0, 0.1) is 10.2 Å². The molecule has 1 aromatic carbocycles. The van der Waals surface area contributed by atoms with Crippen LogP contribution >= 0.6 is 0 Å². The Kier molecular flexibility index (Phi) is 7.52. The summed E-state index contributed by atoms with van der Waals surface area (Å²) in [7, 11) is -4.94. The number of nitrogens with one attached hydrogen (secondary N) is 1. The minimum atomic E-state index is -4.94. The van der Waals surface area contributed by atoms with Crippen molar-refractivity contribution < 1.29 is 33.6 Å². The first-order valence-corrected chi connectivity index (χ1v) is 6.36. The largest absolute Gasteiger partial charge is 0.397 e. The van der Waals surface area contributed by atoms with Gasteiger partial charge in [0.2, 0.25) is 0 Å². The van der Waals surface area contributed by atoms with Gasteiger partial charge in [0.25, 0.3) is 0 Å². The Morgan fingerprint density at radius 1 is 1.10 bits per heavy atom. The molecule has 1 heterocycles. The summed E-state index contributed by atoms with van der Waals surface area (Å²) in [4.78, 5) is 0. The van der Waals surface area contributed by atoms with Crippen LogP contribution in [0.1, 0.15) is 7.43 Å². The van der Waals surface area contributed by atoms with E-state index in [1.165, 1.54) is 0 Å². The monoisotopic (exact) mass is 317 g/mol. The molecule has 0 saturated heterocycles. The fraction of sp³-hybridized carbons (Fsp3) is 0.0909. The number of hydrogen-bond donors (Lipinski definition) is 3. The predicted octanol–water partition coefficient (Wildman–Crippen LogP) is -3.89. The zero-order chi connectivity index (χ0) is 15.2. The summed E-state index contributed by atoms with van der Waals surface area (Å²) in [6.45, 7) is 0. The summed E-state index contributed by atoms with van der Waals surface area (Å²) in [5.41, 5.74) is 9.65. The smallest absolute Gasteiger partial charge is 0.320 e. The summed E-state index contributed by atoms with van der Waals surface area (Å²) in [6, 6.07) is 11.4. The number of halogens is 1. The molecule has 0 aliphatic rings. The molecule has 10 heteroatoms. The Balaban J connectivity index is 0.000000583. The molecule has 0 aliphatic carbocycles. The highest BCUT2D eigenvalue weighted by Gasteiger charge is 2.11. The number of rotatable bonds is 2. The van der Waals surface area contributed by atoms with Crippen LogP contribution in [0.3, 0.4) is 0 Å². The predicted molar refractivity (Wildman–Crippen MR) is 64.7 cm³/mol. The molecule has 0 atom stereocenters. The third-order valence-corrected chi connectivity index (χ3v) is 2.00. The summed E-state index contributed by atoms with van der Waals surface area (Å²) in [5.74, 6) is 6.03. The molecule has 2 aromatic rings. The van der Waals surface area contributed by atoms with E-state index in [0.29, 0.717) is 11.5 Å². The van der Waals surface area contributed by atoms with Gasteiger partial charge in [-0.3, -0.25) is 0 Å². The number of nitrogen functional groups attached to an aromatic ring is 2. The maximum absolute atomic E-state index is 8.49. The van der Waals surface area contributed by atoms with Gasteiger partial charge in [0.1, 0.15) is 0 Å². The first-order chi connectivity index (χ1) is 9.31. The van der Waals surface area contributed by atoms with Crippen molar-refractivity contribution in [1.29, 1.82) is 0 Å². The van der Waals surface area contributed by atoms with Crippen molar-refractivity contribution in [2.75, 3.05) is 11.2 Å². The van der Waals surface area contributed by atoms with E-state index in [0.717, 1.165) is 5.69 Å². The lowest BCUT2D eigenvalue weighted by molar-refractivity contribution is -2.00. The minimum absolute atomic E-state index is 0. The van der Waals surface area contributed by atoms with Gasteiger partial charge >= 0.3 is 5.82 Å². The summed E-state index contributed by atoms with van der Waals surface area (Å²) < 4.78 is 35.6. The maximum atomic E-state index is 8.49. The van der Waals surface area contributed by atoms with Gasteiger partial charge in [-0.2, -0.15) is 11.3 Å². The molecule has 2 rings (SSSR count). The van der Waals surface area contributed by atoms with Crippen LogP contribution in [0.4, 0.5) is 11.5 Å². The van der Waals surface area contributed by atoms with Crippen LogP contribution in [-0.2, 0) is 0 Å². The number of aromatic nitrogens is 2. The molecule has 0 aliphatic heterocycles. The minimum Gasteiger partial charge on any atom is -0.397 e. The van der Waals surface area contributed by atoms with Crippen molar-refractivity contribution >= 4 is 11.5 Å². The second-order valence-corrected chi connectivity index (χ2v) is 4.20. The number of nitrogens with two attached hydrogens (primary N) is 2. The highest BCUT2D eigenvalue weighted by atomic mass is 35.7.